The number of para-hydroxylation sites is 2. The van der Waals surface area contributed by atoms with Gasteiger partial charge in [-0.15, -0.1) is 0 Å². The molecule has 0 radical (unpaired) electrons. The Balaban J connectivity index is 1.85. The van der Waals surface area contributed by atoms with E-state index < -0.39 is 0 Å². The highest BCUT2D eigenvalue weighted by molar-refractivity contribution is 7.80. The third-order valence-electron chi connectivity index (χ3n) is 2.84. The lowest BCUT2D eigenvalue weighted by Crippen LogP contribution is -2.21. The van der Waals surface area contributed by atoms with Gasteiger partial charge in [0.2, 0.25) is 0 Å². The summed E-state index contributed by atoms with van der Waals surface area (Å²) in [6, 6.07) is 17.0. The van der Waals surface area contributed by atoms with Crippen LogP contribution < -0.4 is 9.61 Å². The van der Waals surface area contributed by atoms with E-state index in [1.165, 1.54) is 11.3 Å². The second-order valence-electron chi connectivity index (χ2n) is 4.21. The summed E-state index contributed by atoms with van der Waals surface area (Å²) in [5, 5.41) is 0.377. The van der Waals surface area contributed by atoms with E-state index in [1.807, 2.05) is 54.6 Å². The van der Waals surface area contributed by atoms with Crippen LogP contribution in [0.2, 0.25) is 0 Å². The highest BCUT2D eigenvalue weighted by Crippen LogP contribution is 2.17. The fourth-order valence-corrected chi connectivity index (χ4v) is 3.06. The summed E-state index contributed by atoms with van der Waals surface area (Å²) in [6.07, 6.45) is 0. The molecule has 0 saturated carbocycles. The Morgan fingerprint density at radius 2 is 1.80 bits per heavy atom. The first-order valence-corrected chi connectivity index (χ1v) is 7.30. The number of ether oxygens (including phenoxy) is 1. The van der Waals surface area contributed by atoms with E-state index in [9.17, 15) is 4.79 Å². The first kappa shape index (κ1) is 13.0. The summed E-state index contributed by atoms with van der Waals surface area (Å²) in [6.45, 7) is 0.285. The van der Waals surface area contributed by atoms with Crippen LogP contribution >= 0.6 is 23.6 Å². The van der Waals surface area contributed by atoms with Crippen molar-refractivity contribution in [3.8, 4) is 5.75 Å². The Morgan fingerprint density at radius 1 is 1.10 bits per heavy atom. The molecule has 100 valence electrons. The molecule has 0 amide bonds. The maximum absolute atomic E-state index is 12.0. The molecule has 0 aliphatic rings. The molecule has 0 N–H and O–H groups in total. The lowest BCUT2D eigenvalue weighted by molar-refractivity contribution is 0.538. The molecule has 0 fully saturated rings. The monoisotopic (exact) mass is 301 g/mol. The van der Waals surface area contributed by atoms with Crippen LogP contribution in [0.25, 0.3) is 10.2 Å². The van der Waals surface area contributed by atoms with Crippen molar-refractivity contribution in [2.45, 2.75) is 6.54 Å². The van der Waals surface area contributed by atoms with Crippen molar-refractivity contribution in [2.75, 3.05) is 0 Å². The minimum absolute atomic E-state index is 0.0230. The third kappa shape index (κ3) is 2.64. The first-order valence-electron chi connectivity index (χ1n) is 6.08. The van der Waals surface area contributed by atoms with Crippen LogP contribution in [-0.2, 0) is 6.54 Å². The van der Waals surface area contributed by atoms with Crippen molar-refractivity contribution in [3.05, 3.63) is 64.3 Å². The van der Waals surface area contributed by atoms with E-state index in [1.54, 1.807) is 4.57 Å². The van der Waals surface area contributed by atoms with Gasteiger partial charge in [0.15, 0.2) is 5.05 Å². The zero-order chi connectivity index (χ0) is 13.9. The zero-order valence-electron chi connectivity index (χ0n) is 10.5. The third-order valence-corrected chi connectivity index (χ3v) is 4.01. The summed E-state index contributed by atoms with van der Waals surface area (Å²) < 4.78 is 8.17. The van der Waals surface area contributed by atoms with Gasteiger partial charge in [0, 0.05) is 0 Å². The van der Waals surface area contributed by atoms with Crippen LogP contribution in [0.3, 0.4) is 0 Å². The van der Waals surface area contributed by atoms with Crippen LogP contribution in [0.4, 0.5) is 0 Å². The van der Waals surface area contributed by atoms with Gasteiger partial charge in [-0.2, -0.15) is 0 Å². The summed E-state index contributed by atoms with van der Waals surface area (Å²) >= 11 is 6.45. The van der Waals surface area contributed by atoms with E-state index in [4.69, 9.17) is 17.0 Å². The number of thiazole rings is 1. The van der Waals surface area contributed by atoms with Crippen LogP contribution in [0.15, 0.2) is 59.4 Å². The van der Waals surface area contributed by atoms with Crippen LogP contribution in [0, 0.1) is 0 Å². The molecule has 20 heavy (non-hydrogen) atoms. The second-order valence-corrected chi connectivity index (χ2v) is 5.66. The van der Waals surface area contributed by atoms with Gasteiger partial charge in [0.05, 0.1) is 16.8 Å². The minimum Gasteiger partial charge on any atom is -0.448 e. The maximum atomic E-state index is 12.0. The average Bonchev–Trinajstić information content (AvgIpc) is 2.76. The molecule has 0 aliphatic heterocycles. The Hall–Kier alpha value is -1.98. The number of hydrogen-bond donors (Lipinski definition) is 0. The van der Waals surface area contributed by atoms with Crippen molar-refractivity contribution in [2.24, 2.45) is 0 Å². The molecular weight excluding hydrogens is 290 g/mol. The smallest absolute Gasteiger partial charge is 0.308 e. The normalized spacial score (nSPS) is 10.6. The van der Waals surface area contributed by atoms with Crippen molar-refractivity contribution >= 4 is 38.8 Å². The van der Waals surface area contributed by atoms with Crippen molar-refractivity contribution < 1.29 is 4.74 Å². The molecule has 1 heterocycles. The van der Waals surface area contributed by atoms with E-state index in [-0.39, 0.29) is 11.4 Å². The Labute approximate surface area is 125 Å². The topological polar surface area (TPSA) is 31.2 Å². The average molecular weight is 301 g/mol. The molecule has 0 unspecified atom stereocenters. The molecule has 1 aromatic heterocycles. The predicted octanol–water partition coefficient (Wildman–Crippen LogP) is 3.47. The number of hydrogen-bond acceptors (Lipinski definition) is 4. The minimum atomic E-state index is -0.0230. The highest BCUT2D eigenvalue weighted by atomic mass is 32.1. The van der Waals surface area contributed by atoms with Crippen LogP contribution in [-0.4, -0.2) is 9.62 Å². The largest absolute Gasteiger partial charge is 0.448 e. The standard InChI is InChI=1S/C15H11NO2S2/c17-15-16(12-8-4-5-9-13(12)20-15)10-14(19)18-11-6-2-1-3-7-11/h1-9H,10H2. The van der Waals surface area contributed by atoms with Gasteiger partial charge in [0.25, 0.3) is 0 Å². The second kappa shape index (κ2) is 5.56. The molecule has 3 aromatic rings. The van der Waals surface area contributed by atoms with Crippen molar-refractivity contribution in [1.82, 2.24) is 4.57 Å². The van der Waals surface area contributed by atoms with E-state index >= 15 is 0 Å². The molecule has 3 nitrogen and oxygen atoms in total. The van der Waals surface area contributed by atoms with Gasteiger partial charge in [-0.3, -0.25) is 9.36 Å². The lowest BCUT2D eigenvalue weighted by Gasteiger charge is -2.07. The van der Waals surface area contributed by atoms with Crippen LogP contribution in [0.1, 0.15) is 0 Å². The summed E-state index contributed by atoms with van der Waals surface area (Å²) in [4.78, 5) is 12.0. The molecule has 0 bridgehead atoms. The van der Waals surface area contributed by atoms with Gasteiger partial charge in [-0.05, 0) is 36.5 Å². The van der Waals surface area contributed by atoms with Gasteiger partial charge in [-0.25, -0.2) is 0 Å². The number of benzene rings is 2. The maximum Gasteiger partial charge on any atom is 0.308 e. The van der Waals surface area contributed by atoms with Gasteiger partial charge < -0.3 is 4.74 Å². The highest BCUT2D eigenvalue weighted by Gasteiger charge is 2.09. The van der Waals surface area contributed by atoms with Gasteiger partial charge in [0.1, 0.15) is 5.75 Å². The zero-order valence-corrected chi connectivity index (χ0v) is 12.1. The van der Waals surface area contributed by atoms with E-state index in [0.717, 1.165) is 10.2 Å². The van der Waals surface area contributed by atoms with Crippen LogP contribution in [0.5, 0.6) is 5.75 Å². The Morgan fingerprint density at radius 3 is 2.60 bits per heavy atom. The van der Waals surface area contributed by atoms with Crippen molar-refractivity contribution in [3.63, 3.8) is 0 Å². The number of fused-ring (bicyclic) bond motifs is 1. The molecule has 2 aromatic carbocycles. The first-order chi connectivity index (χ1) is 9.74. The quantitative estimate of drug-likeness (QED) is 0.694. The molecule has 3 rings (SSSR count). The number of nitrogens with zero attached hydrogens (tertiary/aromatic N) is 1. The van der Waals surface area contributed by atoms with Gasteiger partial charge in [-0.1, -0.05) is 41.7 Å². The lowest BCUT2D eigenvalue weighted by atomic mass is 10.3. The Bertz CT molecular complexity index is 805. The fraction of sp³-hybridized carbons (Fsp3) is 0.0667. The molecule has 0 saturated heterocycles. The molecule has 5 heteroatoms. The summed E-state index contributed by atoms with van der Waals surface area (Å²) in [5.41, 5.74) is 0.890. The van der Waals surface area contributed by atoms with Gasteiger partial charge >= 0.3 is 4.87 Å². The number of rotatable bonds is 3. The SMILES string of the molecule is O=c1sc2ccccc2n1CC(=S)Oc1ccccc1. The van der Waals surface area contributed by atoms with Crippen molar-refractivity contribution in [1.29, 1.82) is 0 Å². The summed E-state index contributed by atoms with van der Waals surface area (Å²) in [5.74, 6) is 0.685. The fourth-order valence-electron chi connectivity index (χ4n) is 1.95. The molecule has 0 aliphatic carbocycles. The molecule has 0 atom stereocenters. The summed E-state index contributed by atoms with van der Waals surface area (Å²) in [7, 11) is 0. The number of thiocarbonyl (C=S) groups is 1. The van der Waals surface area contributed by atoms with E-state index in [0.29, 0.717) is 10.8 Å². The molecular formula is C15H11NO2S2. The van der Waals surface area contributed by atoms with E-state index in [2.05, 4.69) is 0 Å². The predicted molar refractivity (Wildman–Crippen MR) is 85.8 cm³/mol. The molecule has 0 spiro atoms. The Kier molecular flexibility index (Phi) is 3.62. The number of aromatic nitrogens is 1.